The first-order valence-corrected chi connectivity index (χ1v) is 8.80. The summed E-state index contributed by atoms with van der Waals surface area (Å²) in [6.45, 7) is 4.05. The molecule has 1 aromatic rings. The lowest BCUT2D eigenvalue weighted by atomic mass is 9.93. The molecule has 1 aromatic carbocycles. The average Bonchev–Trinajstić information content (AvgIpc) is 2.97. The minimum absolute atomic E-state index is 0.0433. The van der Waals surface area contributed by atoms with Crippen LogP contribution in [0.3, 0.4) is 0 Å². The second-order valence-corrected chi connectivity index (χ2v) is 7.07. The van der Waals surface area contributed by atoms with Crippen molar-refractivity contribution in [2.45, 2.75) is 25.7 Å². The molecule has 0 bridgehead atoms. The van der Waals surface area contributed by atoms with Crippen molar-refractivity contribution < 1.29 is 19.5 Å². The van der Waals surface area contributed by atoms with E-state index in [0.29, 0.717) is 37.6 Å². The number of amides is 1. The number of hydrogen-bond acceptors (Lipinski definition) is 4. The number of para-hydroxylation sites is 1. The van der Waals surface area contributed by atoms with Crippen LogP contribution in [0.25, 0.3) is 0 Å². The van der Waals surface area contributed by atoms with Gasteiger partial charge in [-0.1, -0.05) is 23.7 Å². The highest BCUT2D eigenvalue weighted by molar-refractivity contribution is 6.33. The van der Waals surface area contributed by atoms with Crippen molar-refractivity contribution in [1.29, 1.82) is 0 Å². The van der Waals surface area contributed by atoms with Gasteiger partial charge in [-0.2, -0.15) is 0 Å². The van der Waals surface area contributed by atoms with Crippen LogP contribution in [0.4, 0.5) is 5.69 Å². The number of ketones is 1. The number of carbonyl (C=O) groups excluding carboxylic acids is 2. The summed E-state index contributed by atoms with van der Waals surface area (Å²) in [5.74, 6) is -1.97. The first-order valence-electron chi connectivity index (χ1n) is 8.43. The number of benzene rings is 1. The van der Waals surface area contributed by atoms with Gasteiger partial charge in [-0.15, -0.1) is 0 Å². The van der Waals surface area contributed by atoms with Gasteiger partial charge in [0.25, 0.3) is 0 Å². The maximum atomic E-state index is 12.4. The molecule has 1 saturated carbocycles. The van der Waals surface area contributed by atoms with Crippen molar-refractivity contribution in [3.63, 3.8) is 0 Å². The lowest BCUT2D eigenvalue weighted by molar-refractivity contribution is -0.142. The van der Waals surface area contributed by atoms with Crippen LogP contribution in [0.5, 0.6) is 0 Å². The third-order valence-corrected chi connectivity index (χ3v) is 5.45. The molecule has 6 nitrogen and oxygen atoms in total. The normalized spacial score (nSPS) is 23.8. The number of rotatable bonds is 3. The Labute approximate surface area is 151 Å². The van der Waals surface area contributed by atoms with E-state index in [-0.39, 0.29) is 18.1 Å². The lowest BCUT2D eigenvalue weighted by Crippen LogP contribution is -2.48. The van der Waals surface area contributed by atoms with E-state index >= 15 is 0 Å². The van der Waals surface area contributed by atoms with Gasteiger partial charge in [0.15, 0.2) is 0 Å². The Morgan fingerprint density at radius 3 is 2.44 bits per heavy atom. The van der Waals surface area contributed by atoms with Crippen LogP contribution in [0.1, 0.15) is 31.2 Å². The molecule has 1 amide bonds. The third kappa shape index (κ3) is 3.49. The van der Waals surface area contributed by atoms with E-state index in [9.17, 15) is 19.5 Å². The van der Waals surface area contributed by atoms with Gasteiger partial charge in [0, 0.05) is 45.4 Å². The Hall–Kier alpha value is -2.08. The highest BCUT2D eigenvalue weighted by Gasteiger charge is 2.39. The molecule has 0 spiro atoms. The molecule has 134 valence electrons. The molecule has 2 aliphatic rings. The van der Waals surface area contributed by atoms with Crippen LogP contribution in [0.2, 0.25) is 5.02 Å². The number of carboxylic acid groups (broad SMARTS) is 1. The molecule has 1 heterocycles. The highest BCUT2D eigenvalue weighted by Crippen LogP contribution is 2.42. The fourth-order valence-electron chi connectivity index (χ4n) is 3.76. The zero-order chi connectivity index (χ0) is 18.1. The van der Waals surface area contributed by atoms with Crippen LogP contribution in [0.15, 0.2) is 18.2 Å². The summed E-state index contributed by atoms with van der Waals surface area (Å²) >= 11 is 6.44. The van der Waals surface area contributed by atoms with Gasteiger partial charge >= 0.3 is 5.97 Å². The molecule has 0 radical (unpaired) electrons. The smallest absolute Gasteiger partial charge is 0.306 e. The lowest BCUT2D eigenvalue weighted by Gasteiger charge is -2.37. The van der Waals surface area contributed by atoms with Gasteiger partial charge < -0.3 is 14.9 Å². The summed E-state index contributed by atoms with van der Waals surface area (Å²) in [7, 11) is 0. The monoisotopic (exact) mass is 364 g/mol. The number of nitrogens with zero attached hydrogens (tertiary/aromatic N) is 2. The Kier molecular flexibility index (Phi) is 4.99. The van der Waals surface area contributed by atoms with Crippen molar-refractivity contribution in [1.82, 2.24) is 4.90 Å². The van der Waals surface area contributed by atoms with Gasteiger partial charge in [-0.05, 0) is 18.1 Å². The predicted octanol–water partition coefficient (Wildman–Crippen LogP) is 2.16. The zero-order valence-electron chi connectivity index (χ0n) is 14.1. The SMILES string of the molecule is CC(=O)N1CCN(c2c(Cl)cccc2[C@H]2C[C@H](C(=O)O)CC2=O)CC1. The molecule has 0 unspecified atom stereocenters. The van der Waals surface area contributed by atoms with Gasteiger partial charge in [-0.25, -0.2) is 0 Å². The molecule has 2 fully saturated rings. The van der Waals surface area contributed by atoms with E-state index in [1.54, 1.807) is 24.0 Å². The van der Waals surface area contributed by atoms with Crippen molar-refractivity contribution in [3.05, 3.63) is 28.8 Å². The van der Waals surface area contributed by atoms with Gasteiger partial charge in [0.1, 0.15) is 5.78 Å². The van der Waals surface area contributed by atoms with E-state index in [4.69, 9.17) is 11.6 Å². The molecule has 0 aromatic heterocycles. The molecule has 1 saturated heterocycles. The molecule has 7 heteroatoms. The number of anilines is 1. The van der Waals surface area contributed by atoms with Crippen LogP contribution in [-0.4, -0.2) is 53.8 Å². The zero-order valence-corrected chi connectivity index (χ0v) is 14.8. The maximum absolute atomic E-state index is 12.4. The Bertz CT molecular complexity index is 713. The topological polar surface area (TPSA) is 77.9 Å². The van der Waals surface area contributed by atoms with E-state index in [2.05, 4.69) is 4.90 Å². The Balaban J connectivity index is 1.87. The fraction of sp³-hybridized carbons (Fsp3) is 0.500. The van der Waals surface area contributed by atoms with Crippen molar-refractivity contribution >= 4 is 34.9 Å². The minimum Gasteiger partial charge on any atom is -0.481 e. The summed E-state index contributed by atoms with van der Waals surface area (Å²) in [6, 6.07) is 5.45. The third-order valence-electron chi connectivity index (χ3n) is 5.14. The Morgan fingerprint density at radius 2 is 1.88 bits per heavy atom. The molecular weight excluding hydrogens is 344 g/mol. The minimum atomic E-state index is -0.922. The molecule has 1 aliphatic carbocycles. The molecule has 1 N–H and O–H groups in total. The molecule has 1 aliphatic heterocycles. The first kappa shape index (κ1) is 17.7. The van der Waals surface area contributed by atoms with Crippen LogP contribution in [-0.2, 0) is 14.4 Å². The van der Waals surface area contributed by atoms with E-state index in [1.165, 1.54) is 0 Å². The highest BCUT2D eigenvalue weighted by atomic mass is 35.5. The Morgan fingerprint density at radius 1 is 1.20 bits per heavy atom. The summed E-state index contributed by atoms with van der Waals surface area (Å²) in [5.41, 5.74) is 1.61. The van der Waals surface area contributed by atoms with Gasteiger partial charge in [0.05, 0.1) is 16.6 Å². The van der Waals surface area contributed by atoms with Gasteiger partial charge in [-0.3, -0.25) is 14.4 Å². The largest absolute Gasteiger partial charge is 0.481 e. The average molecular weight is 365 g/mol. The van der Waals surface area contributed by atoms with Crippen LogP contribution < -0.4 is 4.90 Å². The van der Waals surface area contributed by atoms with Crippen molar-refractivity contribution in [2.75, 3.05) is 31.1 Å². The number of piperazine rings is 1. The molecule has 3 rings (SSSR count). The first-order chi connectivity index (χ1) is 11.9. The number of aliphatic carboxylic acids is 1. The number of hydrogen-bond donors (Lipinski definition) is 1. The summed E-state index contributed by atoms with van der Waals surface area (Å²) in [5, 5.41) is 9.78. The molecule has 25 heavy (non-hydrogen) atoms. The quantitative estimate of drug-likeness (QED) is 0.889. The standard InChI is InChI=1S/C18H21ClN2O4/c1-11(22)20-5-7-21(8-6-20)17-13(3-2-4-15(17)19)14-9-12(18(24)25)10-16(14)23/h2-4,12,14H,5-10H2,1H3,(H,24,25)/t12-,14+/m0/s1. The summed E-state index contributed by atoms with van der Waals surface area (Å²) in [6.07, 6.45) is 0.388. The fourth-order valence-corrected chi connectivity index (χ4v) is 4.07. The second-order valence-electron chi connectivity index (χ2n) is 6.66. The number of halogens is 1. The summed E-state index contributed by atoms with van der Waals surface area (Å²) in [4.78, 5) is 39.0. The molecular formula is C18H21ClN2O4. The van der Waals surface area contributed by atoms with Crippen LogP contribution in [0, 0.1) is 5.92 Å². The van der Waals surface area contributed by atoms with E-state index in [0.717, 1.165) is 11.3 Å². The van der Waals surface area contributed by atoms with Gasteiger partial charge in [0.2, 0.25) is 5.91 Å². The predicted molar refractivity (Wildman–Crippen MR) is 94.0 cm³/mol. The van der Waals surface area contributed by atoms with E-state index < -0.39 is 17.8 Å². The van der Waals surface area contributed by atoms with Crippen LogP contribution >= 0.6 is 11.6 Å². The second kappa shape index (κ2) is 7.04. The number of carboxylic acids is 1. The van der Waals surface area contributed by atoms with Crippen molar-refractivity contribution in [2.24, 2.45) is 5.92 Å². The van der Waals surface area contributed by atoms with Crippen molar-refractivity contribution in [3.8, 4) is 0 Å². The summed E-state index contributed by atoms with van der Waals surface area (Å²) < 4.78 is 0. The maximum Gasteiger partial charge on any atom is 0.306 e. The molecule has 2 atom stereocenters. The van der Waals surface area contributed by atoms with E-state index in [1.807, 2.05) is 6.07 Å². The number of carbonyl (C=O) groups is 3. The number of Topliss-reactive ketones (excluding diaryl/α,β-unsaturated/α-hetero) is 1.